The molecule has 3 aromatic rings. The van der Waals surface area contributed by atoms with Gasteiger partial charge in [-0.15, -0.1) is 0 Å². The highest BCUT2D eigenvalue weighted by Gasteiger charge is 2.17. The van der Waals surface area contributed by atoms with Crippen LogP contribution in [0.4, 0.5) is 11.4 Å². The maximum absolute atomic E-state index is 12.5. The first kappa shape index (κ1) is 19.8. The first-order chi connectivity index (χ1) is 13.9. The van der Waals surface area contributed by atoms with Crippen LogP contribution >= 0.6 is 11.6 Å². The van der Waals surface area contributed by atoms with Gasteiger partial charge in [0.1, 0.15) is 22.4 Å². The van der Waals surface area contributed by atoms with Gasteiger partial charge in [-0.1, -0.05) is 11.6 Å². The molecule has 8 nitrogen and oxygen atoms in total. The zero-order valence-electron chi connectivity index (χ0n) is 15.0. The summed E-state index contributed by atoms with van der Waals surface area (Å²) in [4.78, 5) is 26.8. The van der Waals surface area contributed by atoms with E-state index in [-0.39, 0.29) is 22.2 Å². The Morgan fingerprint density at radius 1 is 1.28 bits per heavy atom. The fourth-order valence-electron chi connectivity index (χ4n) is 2.50. The lowest BCUT2D eigenvalue weighted by atomic mass is 10.1. The number of halogens is 1. The molecule has 1 aromatic heterocycles. The van der Waals surface area contributed by atoms with Crippen LogP contribution in [0.15, 0.2) is 54.7 Å². The summed E-state index contributed by atoms with van der Waals surface area (Å²) >= 11 is 5.77. The zero-order chi connectivity index (χ0) is 21.0. The number of pyridine rings is 1. The normalized spacial score (nSPS) is 10.1. The van der Waals surface area contributed by atoms with Gasteiger partial charge in [-0.05, 0) is 55.0 Å². The minimum absolute atomic E-state index is 0.0458. The molecule has 1 N–H and O–H groups in total. The quantitative estimate of drug-likeness (QED) is 0.475. The number of nitriles is 1. The van der Waals surface area contributed by atoms with E-state index in [2.05, 4.69) is 10.3 Å². The number of nitrogens with zero attached hydrogens (tertiary/aromatic N) is 3. The molecule has 9 heteroatoms. The van der Waals surface area contributed by atoms with E-state index in [9.17, 15) is 14.9 Å². The second-order valence-corrected chi connectivity index (χ2v) is 6.33. The van der Waals surface area contributed by atoms with Gasteiger partial charge in [0, 0.05) is 23.5 Å². The van der Waals surface area contributed by atoms with Crippen LogP contribution in [-0.2, 0) is 0 Å². The molecule has 2 aromatic carbocycles. The fourth-order valence-corrected chi connectivity index (χ4v) is 2.68. The Morgan fingerprint density at radius 2 is 2.07 bits per heavy atom. The van der Waals surface area contributed by atoms with Crippen molar-refractivity contribution >= 4 is 28.9 Å². The zero-order valence-corrected chi connectivity index (χ0v) is 15.8. The molecule has 144 valence electrons. The molecule has 0 unspecified atom stereocenters. The van der Waals surface area contributed by atoms with Crippen molar-refractivity contribution in [3.05, 3.63) is 86.6 Å². The molecule has 3 rings (SSSR count). The van der Waals surface area contributed by atoms with E-state index in [0.717, 1.165) is 6.07 Å². The van der Waals surface area contributed by atoms with Gasteiger partial charge in [0.15, 0.2) is 0 Å². The highest BCUT2D eigenvalue weighted by molar-refractivity contribution is 6.32. The average Bonchev–Trinajstić information content (AvgIpc) is 2.70. The van der Waals surface area contributed by atoms with Crippen molar-refractivity contribution in [1.29, 1.82) is 5.26 Å². The molecule has 1 heterocycles. The first-order valence-electron chi connectivity index (χ1n) is 8.28. The molecule has 29 heavy (non-hydrogen) atoms. The van der Waals surface area contributed by atoms with Crippen molar-refractivity contribution in [1.82, 2.24) is 4.98 Å². The van der Waals surface area contributed by atoms with Crippen LogP contribution in [0.25, 0.3) is 0 Å². The molecule has 0 aliphatic heterocycles. The van der Waals surface area contributed by atoms with Crippen molar-refractivity contribution in [2.75, 3.05) is 5.32 Å². The van der Waals surface area contributed by atoms with Crippen LogP contribution in [0, 0.1) is 28.4 Å². The van der Waals surface area contributed by atoms with Crippen LogP contribution in [0.1, 0.15) is 21.5 Å². The smallest absolute Gasteiger partial charge is 0.288 e. The third-order valence-electron chi connectivity index (χ3n) is 3.96. The highest BCUT2D eigenvalue weighted by atomic mass is 35.5. The maximum atomic E-state index is 12.5. The minimum Gasteiger partial charge on any atom is -0.438 e. The predicted octanol–water partition coefficient (Wildman–Crippen LogP) is 4.87. The number of amides is 1. The highest BCUT2D eigenvalue weighted by Crippen LogP contribution is 2.28. The van der Waals surface area contributed by atoms with Gasteiger partial charge in [0.25, 0.3) is 11.6 Å². The molecule has 0 atom stereocenters. The molecule has 0 fully saturated rings. The van der Waals surface area contributed by atoms with Gasteiger partial charge in [-0.25, -0.2) is 4.98 Å². The molecule has 0 aliphatic rings. The maximum Gasteiger partial charge on any atom is 0.288 e. The van der Waals surface area contributed by atoms with Gasteiger partial charge in [0.2, 0.25) is 5.88 Å². The van der Waals surface area contributed by atoms with Crippen molar-refractivity contribution in [3.63, 3.8) is 0 Å². The van der Waals surface area contributed by atoms with Gasteiger partial charge < -0.3 is 10.1 Å². The first-order valence-corrected chi connectivity index (χ1v) is 8.65. The summed E-state index contributed by atoms with van der Waals surface area (Å²) in [7, 11) is 0. The van der Waals surface area contributed by atoms with Gasteiger partial charge in [-0.3, -0.25) is 14.9 Å². The number of carbonyl (C=O) groups excluding carboxylic acids is 1. The largest absolute Gasteiger partial charge is 0.438 e. The van der Waals surface area contributed by atoms with Crippen molar-refractivity contribution in [2.24, 2.45) is 0 Å². The van der Waals surface area contributed by atoms with E-state index in [1.165, 1.54) is 18.3 Å². The number of aryl methyl sites for hydroxylation is 1. The van der Waals surface area contributed by atoms with Crippen LogP contribution in [0.2, 0.25) is 5.02 Å². The van der Waals surface area contributed by atoms with Crippen LogP contribution < -0.4 is 10.1 Å². The lowest BCUT2D eigenvalue weighted by Crippen LogP contribution is -2.13. The summed E-state index contributed by atoms with van der Waals surface area (Å²) in [6.45, 7) is 1.76. The lowest BCUT2D eigenvalue weighted by molar-refractivity contribution is -0.384. The molecule has 0 saturated heterocycles. The Morgan fingerprint density at radius 3 is 2.76 bits per heavy atom. The van der Waals surface area contributed by atoms with Crippen LogP contribution in [0.5, 0.6) is 11.6 Å². The monoisotopic (exact) mass is 408 g/mol. The van der Waals surface area contributed by atoms with Crippen molar-refractivity contribution in [2.45, 2.75) is 6.92 Å². The van der Waals surface area contributed by atoms with E-state index in [4.69, 9.17) is 21.6 Å². The SMILES string of the molecule is Cc1cc(Oc2ncccc2C#N)ccc1NC(=O)c1ccc(Cl)c([N+](=O)[O-])c1. The summed E-state index contributed by atoms with van der Waals surface area (Å²) in [6.07, 6.45) is 1.52. The Kier molecular flexibility index (Phi) is 5.71. The number of hydrogen-bond donors (Lipinski definition) is 1. The molecule has 0 saturated carbocycles. The number of ether oxygens (including phenoxy) is 1. The third-order valence-corrected chi connectivity index (χ3v) is 4.28. The van der Waals surface area contributed by atoms with E-state index in [1.807, 2.05) is 6.07 Å². The van der Waals surface area contributed by atoms with Crippen molar-refractivity contribution < 1.29 is 14.5 Å². The third kappa shape index (κ3) is 4.48. The summed E-state index contributed by atoms with van der Waals surface area (Å²) in [5.74, 6) is 0.107. The number of hydrogen-bond acceptors (Lipinski definition) is 6. The minimum atomic E-state index is -0.649. The molecular formula is C20H13ClN4O4. The van der Waals surface area contributed by atoms with Gasteiger partial charge >= 0.3 is 0 Å². The summed E-state index contributed by atoms with van der Waals surface area (Å²) in [5, 5.41) is 22.7. The summed E-state index contributed by atoms with van der Waals surface area (Å²) in [5.41, 5.74) is 1.25. The fraction of sp³-hybridized carbons (Fsp3) is 0.0500. The van der Waals surface area contributed by atoms with E-state index in [0.29, 0.717) is 22.6 Å². The second-order valence-electron chi connectivity index (χ2n) is 5.92. The molecule has 0 aliphatic carbocycles. The van der Waals surface area contributed by atoms with Crippen LogP contribution in [-0.4, -0.2) is 15.8 Å². The molecular weight excluding hydrogens is 396 g/mol. The topological polar surface area (TPSA) is 118 Å². The Labute approximate surface area is 170 Å². The van der Waals surface area contributed by atoms with E-state index < -0.39 is 10.8 Å². The van der Waals surface area contributed by atoms with E-state index >= 15 is 0 Å². The number of rotatable bonds is 5. The summed E-state index contributed by atoms with van der Waals surface area (Å²) < 4.78 is 5.65. The molecule has 1 amide bonds. The number of nitro benzene ring substituents is 1. The van der Waals surface area contributed by atoms with Gasteiger partial charge in [-0.2, -0.15) is 5.26 Å². The number of nitro groups is 1. The van der Waals surface area contributed by atoms with Gasteiger partial charge in [0.05, 0.1) is 4.92 Å². The number of nitrogens with one attached hydrogen (secondary N) is 1. The molecule has 0 bridgehead atoms. The lowest BCUT2D eigenvalue weighted by Gasteiger charge is -2.11. The Hall–Kier alpha value is -3.96. The standard InChI is InChI=1S/C20H13ClN4O4/c1-12-9-15(29-20-14(11-22)3-2-8-23-20)5-7-17(12)24-19(26)13-4-6-16(21)18(10-13)25(27)28/h2-10H,1H3,(H,24,26). The second kappa shape index (κ2) is 8.37. The Bertz CT molecular complexity index is 1160. The van der Waals surface area contributed by atoms with Crippen LogP contribution in [0.3, 0.4) is 0 Å². The molecule has 0 radical (unpaired) electrons. The molecule has 0 spiro atoms. The Balaban J connectivity index is 1.79. The number of benzene rings is 2. The number of carbonyl (C=O) groups is 1. The average molecular weight is 409 g/mol. The number of aromatic nitrogens is 1. The number of anilines is 1. The predicted molar refractivity (Wildman–Crippen MR) is 106 cm³/mol. The van der Waals surface area contributed by atoms with E-state index in [1.54, 1.807) is 37.3 Å². The van der Waals surface area contributed by atoms with Crippen molar-refractivity contribution in [3.8, 4) is 17.7 Å². The summed E-state index contributed by atoms with van der Waals surface area (Å²) in [6, 6.07) is 14.0.